The van der Waals surface area contributed by atoms with Crippen LogP contribution in [0.4, 0.5) is 0 Å². The quantitative estimate of drug-likeness (QED) is 0.459. The molecule has 2 aliphatic heterocycles. The fourth-order valence-electron chi connectivity index (χ4n) is 7.01. The van der Waals surface area contributed by atoms with Gasteiger partial charge in [-0.05, 0) is 60.9 Å². The second kappa shape index (κ2) is 8.33. The molecule has 0 saturated heterocycles. The molecule has 0 amide bonds. The first kappa shape index (κ1) is 22.0. The SMILES string of the molecule is COc1ccccc1C1=N[C@@]2(c3ccccc3OC)C[C@@H]3Cc4c(ccc(OC)c4OC)[C@H](C2)[C@H]13. The standard InChI is InChI=1S/C30H31NO4/c1-32-24-11-7-5-9-20(24)28-27-18-15-21-19(13-14-26(34-3)29(21)35-4)22(27)17-30(16-18,31-28)23-10-6-8-12-25(23)33-2/h5-14,18,22,27H,15-17H2,1-4H3/t18-,22-,27+,30-/m0/s1. The summed E-state index contributed by atoms with van der Waals surface area (Å²) in [6.45, 7) is 0. The maximum Gasteiger partial charge on any atom is 0.164 e. The monoisotopic (exact) mass is 469 g/mol. The van der Waals surface area contributed by atoms with Crippen LogP contribution in [0, 0.1) is 11.8 Å². The van der Waals surface area contributed by atoms with Crippen LogP contribution in [0.15, 0.2) is 65.7 Å². The third kappa shape index (κ3) is 3.17. The van der Waals surface area contributed by atoms with Crippen LogP contribution in [0.1, 0.15) is 41.0 Å². The van der Waals surface area contributed by atoms with E-state index in [-0.39, 0.29) is 5.54 Å². The summed E-state index contributed by atoms with van der Waals surface area (Å²) in [6.07, 6.45) is 2.85. The molecule has 0 N–H and O–H groups in total. The number of nitrogens with zero attached hydrogens (tertiary/aromatic N) is 1. The predicted octanol–water partition coefficient (Wildman–Crippen LogP) is 5.79. The third-order valence-electron chi connectivity index (χ3n) is 8.29. The highest BCUT2D eigenvalue weighted by Crippen LogP contribution is 2.63. The fourth-order valence-corrected chi connectivity index (χ4v) is 7.01. The molecule has 1 saturated carbocycles. The van der Waals surface area contributed by atoms with Gasteiger partial charge >= 0.3 is 0 Å². The van der Waals surface area contributed by atoms with Crippen molar-refractivity contribution in [2.75, 3.05) is 28.4 Å². The molecule has 2 heterocycles. The van der Waals surface area contributed by atoms with Gasteiger partial charge in [0.2, 0.25) is 0 Å². The van der Waals surface area contributed by atoms with Gasteiger partial charge in [0.1, 0.15) is 11.5 Å². The predicted molar refractivity (Wildman–Crippen MR) is 136 cm³/mol. The topological polar surface area (TPSA) is 49.3 Å². The Labute approximate surface area is 206 Å². The van der Waals surface area contributed by atoms with E-state index in [0.29, 0.717) is 17.8 Å². The zero-order chi connectivity index (χ0) is 24.2. The van der Waals surface area contributed by atoms with Crippen molar-refractivity contribution >= 4 is 5.71 Å². The summed E-state index contributed by atoms with van der Waals surface area (Å²) >= 11 is 0. The maximum absolute atomic E-state index is 5.88. The first-order valence-electron chi connectivity index (χ1n) is 12.2. The van der Waals surface area contributed by atoms with Crippen LogP contribution in [-0.2, 0) is 12.0 Å². The average Bonchev–Trinajstić information content (AvgIpc) is 2.92. The molecule has 0 aromatic heterocycles. The van der Waals surface area contributed by atoms with Crippen LogP contribution in [0.2, 0.25) is 0 Å². The van der Waals surface area contributed by atoms with Gasteiger partial charge in [-0.1, -0.05) is 36.4 Å². The molecule has 2 aliphatic carbocycles. The van der Waals surface area contributed by atoms with E-state index in [9.17, 15) is 0 Å². The van der Waals surface area contributed by atoms with Gasteiger partial charge in [0, 0.05) is 22.6 Å². The van der Waals surface area contributed by atoms with Crippen molar-refractivity contribution in [3.8, 4) is 23.0 Å². The van der Waals surface area contributed by atoms with Gasteiger partial charge in [-0.15, -0.1) is 0 Å². The van der Waals surface area contributed by atoms with Crippen LogP contribution in [0.5, 0.6) is 23.0 Å². The summed E-state index contributed by atoms with van der Waals surface area (Å²) in [7, 11) is 6.94. The normalized spacial score (nSPS) is 25.9. The Morgan fingerprint density at radius 1 is 0.743 bits per heavy atom. The van der Waals surface area contributed by atoms with Gasteiger partial charge in [-0.3, -0.25) is 4.99 Å². The smallest absolute Gasteiger partial charge is 0.164 e. The molecule has 35 heavy (non-hydrogen) atoms. The molecule has 0 radical (unpaired) electrons. The van der Waals surface area contributed by atoms with E-state index in [1.54, 1.807) is 28.4 Å². The lowest BCUT2D eigenvalue weighted by Gasteiger charge is -2.56. The molecular formula is C30H31NO4. The lowest BCUT2D eigenvalue weighted by molar-refractivity contribution is 0.126. The lowest BCUT2D eigenvalue weighted by atomic mass is 9.52. The zero-order valence-corrected chi connectivity index (χ0v) is 20.7. The van der Waals surface area contributed by atoms with Crippen LogP contribution < -0.4 is 18.9 Å². The Morgan fingerprint density at radius 2 is 1.46 bits per heavy atom. The number of benzene rings is 3. The highest BCUT2D eigenvalue weighted by atomic mass is 16.5. The van der Waals surface area contributed by atoms with E-state index in [1.807, 2.05) is 18.2 Å². The molecule has 3 aromatic rings. The van der Waals surface area contributed by atoms with E-state index in [2.05, 4.69) is 42.5 Å². The van der Waals surface area contributed by atoms with Gasteiger partial charge in [-0.2, -0.15) is 0 Å². The lowest BCUT2D eigenvalue weighted by Crippen LogP contribution is -2.52. The van der Waals surface area contributed by atoms with Gasteiger partial charge in [-0.25, -0.2) is 0 Å². The highest BCUT2D eigenvalue weighted by molar-refractivity contribution is 6.06. The summed E-state index contributed by atoms with van der Waals surface area (Å²) in [4.78, 5) is 5.57. The second-order valence-corrected chi connectivity index (χ2v) is 9.80. The van der Waals surface area contributed by atoms with Crippen LogP contribution in [0.25, 0.3) is 0 Å². The van der Waals surface area contributed by atoms with Crippen molar-refractivity contribution in [1.29, 1.82) is 0 Å². The molecule has 1 fully saturated rings. The molecular weight excluding hydrogens is 438 g/mol. The van der Waals surface area contributed by atoms with E-state index < -0.39 is 0 Å². The molecule has 4 aliphatic rings. The van der Waals surface area contributed by atoms with Gasteiger partial charge in [0.15, 0.2) is 11.5 Å². The minimum atomic E-state index is -0.349. The average molecular weight is 470 g/mol. The molecule has 5 heteroatoms. The Kier molecular flexibility index (Phi) is 5.24. The molecule has 180 valence electrons. The van der Waals surface area contributed by atoms with Crippen molar-refractivity contribution < 1.29 is 18.9 Å². The maximum atomic E-state index is 5.88. The summed E-state index contributed by atoms with van der Waals surface area (Å²) < 4.78 is 23.2. The minimum Gasteiger partial charge on any atom is -0.496 e. The number of ether oxygens (including phenoxy) is 4. The van der Waals surface area contributed by atoms with Gasteiger partial charge in [0.25, 0.3) is 0 Å². The largest absolute Gasteiger partial charge is 0.496 e. The first-order valence-corrected chi connectivity index (χ1v) is 12.2. The summed E-state index contributed by atoms with van der Waals surface area (Å²) in [5, 5.41) is 0. The van der Waals surface area contributed by atoms with Crippen molar-refractivity contribution in [1.82, 2.24) is 0 Å². The van der Waals surface area contributed by atoms with E-state index in [1.165, 1.54) is 16.7 Å². The van der Waals surface area contributed by atoms with E-state index >= 15 is 0 Å². The number of methoxy groups -OCH3 is 4. The van der Waals surface area contributed by atoms with E-state index in [4.69, 9.17) is 23.9 Å². The Balaban J connectivity index is 1.60. The summed E-state index contributed by atoms with van der Waals surface area (Å²) in [5.41, 5.74) is 5.71. The number of rotatable bonds is 6. The Hall–Kier alpha value is -3.47. The summed E-state index contributed by atoms with van der Waals surface area (Å²) in [5.74, 6) is 4.52. The Bertz CT molecular complexity index is 1320. The zero-order valence-electron chi connectivity index (χ0n) is 20.7. The molecule has 4 atom stereocenters. The van der Waals surface area contributed by atoms with Crippen LogP contribution in [0.3, 0.4) is 0 Å². The molecule has 3 aromatic carbocycles. The Morgan fingerprint density at radius 3 is 2.20 bits per heavy atom. The molecule has 0 unspecified atom stereocenters. The molecule has 7 rings (SSSR count). The number of hydrogen-bond acceptors (Lipinski definition) is 5. The van der Waals surface area contributed by atoms with Crippen LogP contribution in [-0.4, -0.2) is 34.2 Å². The van der Waals surface area contributed by atoms with Crippen LogP contribution >= 0.6 is 0 Å². The van der Waals surface area contributed by atoms with Gasteiger partial charge < -0.3 is 18.9 Å². The van der Waals surface area contributed by atoms with E-state index in [0.717, 1.165) is 53.5 Å². The number of aliphatic imine (C=N–C) groups is 1. The van der Waals surface area contributed by atoms with Crippen molar-refractivity contribution in [2.24, 2.45) is 16.8 Å². The van der Waals surface area contributed by atoms with Gasteiger partial charge in [0.05, 0.1) is 39.7 Å². The van der Waals surface area contributed by atoms with Crippen molar-refractivity contribution in [3.63, 3.8) is 0 Å². The number of fused-ring (bicyclic) bond motifs is 1. The van der Waals surface area contributed by atoms with Crippen molar-refractivity contribution in [3.05, 3.63) is 82.9 Å². The molecule has 5 nitrogen and oxygen atoms in total. The van der Waals surface area contributed by atoms with Crippen molar-refractivity contribution in [2.45, 2.75) is 30.7 Å². The fraction of sp³-hybridized carbons (Fsp3) is 0.367. The third-order valence-corrected chi connectivity index (χ3v) is 8.29. The molecule has 4 bridgehead atoms. The first-order chi connectivity index (χ1) is 17.1. The summed E-state index contributed by atoms with van der Waals surface area (Å²) in [6, 6.07) is 21.0. The number of hydrogen-bond donors (Lipinski definition) is 0. The second-order valence-electron chi connectivity index (χ2n) is 9.80. The highest BCUT2D eigenvalue weighted by Gasteiger charge is 2.57. The minimum absolute atomic E-state index is 0.319. The molecule has 0 spiro atoms. The number of para-hydroxylation sites is 2.